The predicted molar refractivity (Wildman–Crippen MR) is 192 cm³/mol. The number of nitrogens with zero attached hydrogens (tertiary/aromatic N) is 2. The maximum absolute atomic E-state index is 12.3. The van der Waals surface area contributed by atoms with E-state index in [1.165, 1.54) is 0 Å². The van der Waals surface area contributed by atoms with Gasteiger partial charge >= 0.3 is 21.2 Å². The summed E-state index contributed by atoms with van der Waals surface area (Å²) in [6, 6.07) is 12.0. The van der Waals surface area contributed by atoms with Gasteiger partial charge in [0.1, 0.15) is 11.5 Å². The second kappa shape index (κ2) is 24.3. The van der Waals surface area contributed by atoms with Gasteiger partial charge < -0.3 is 38.5 Å². The number of primary amides is 1. The van der Waals surface area contributed by atoms with E-state index in [0.29, 0.717) is 35.3 Å². The Labute approximate surface area is 296 Å². The van der Waals surface area contributed by atoms with Crippen molar-refractivity contribution in [1.29, 1.82) is 0 Å². The zero-order valence-corrected chi connectivity index (χ0v) is 33.1. The molecule has 2 amide bonds. The highest BCUT2D eigenvalue weighted by Crippen LogP contribution is 2.48. The Hall–Kier alpha value is -2.91. The largest absolute Gasteiger partial charge is 0.481 e. The highest BCUT2D eigenvalue weighted by Gasteiger charge is 2.26. The number of ether oxygens (including phenoxy) is 2. The average molecular weight is 765 g/mol. The van der Waals surface area contributed by atoms with E-state index in [1.807, 2.05) is 32.6 Å². The van der Waals surface area contributed by atoms with Gasteiger partial charge in [-0.3, -0.25) is 14.3 Å². The van der Waals surface area contributed by atoms with Gasteiger partial charge in [0.05, 0.1) is 38.5 Å². The number of carbonyl (C=O) groups is 1. The maximum Gasteiger partial charge on any atom is 0.367 e. The Morgan fingerprint density at radius 2 is 1.26 bits per heavy atom. The number of urea groups is 1. The Kier molecular flexibility index (Phi) is 22.9. The molecule has 0 bridgehead atoms. The van der Waals surface area contributed by atoms with Crippen LogP contribution in [0.5, 0.6) is 11.5 Å². The fraction of sp³-hybridized carbons (Fsp3) is 0.548. The van der Waals surface area contributed by atoms with Gasteiger partial charge in [-0.25, -0.2) is 14.2 Å². The third kappa shape index (κ3) is 19.5. The van der Waals surface area contributed by atoms with Gasteiger partial charge in [-0.15, -0.1) is 0 Å². The topological polar surface area (TPSA) is 218 Å². The van der Waals surface area contributed by atoms with E-state index in [9.17, 15) is 23.9 Å². The number of carbonyl (C=O) groups excluding carboxylic acids is 2. The summed E-state index contributed by atoms with van der Waals surface area (Å²) >= 11 is 0. The van der Waals surface area contributed by atoms with Gasteiger partial charge in [0.2, 0.25) is 6.08 Å². The number of amides is 2. The number of isocyanates is 1. The Balaban J connectivity index is 0.000000812. The fourth-order valence-electron chi connectivity index (χ4n) is 3.60. The third-order valence-electron chi connectivity index (χ3n) is 5.95. The number of nitrogens with one attached hydrogen (secondary N) is 1. The molecule has 5 N–H and O–H groups in total. The van der Waals surface area contributed by atoms with E-state index < -0.39 is 35.5 Å². The van der Waals surface area contributed by atoms with Crippen LogP contribution in [0.2, 0.25) is 19.6 Å². The van der Waals surface area contributed by atoms with Gasteiger partial charge in [0, 0.05) is 0 Å². The van der Waals surface area contributed by atoms with Crippen LogP contribution >= 0.6 is 15.2 Å². The summed E-state index contributed by atoms with van der Waals surface area (Å²) < 4.78 is 59.7. The van der Waals surface area contributed by atoms with Crippen LogP contribution < -0.4 is 20.7 Å². The molecule has 0 aliphatic rings. The molecule has 50 heavy (non-hydrogen) atoms. The first-order valence-electron chi connectivity index (χ1n) is 15.9. The summed E-state index contributed by atoms with van der Waals surface area (Å²) in [4.78, 5) is 20.6. The minimum atomic E-state index is -3.31. The molecule has 2 aromatic carbocycles. The highest BCUT2D eigenvalue weighted by molar-refractivity contribution is 7.53. The van der Waals surface area contributed by atoms with Crippen LogP contribution in [-0.4, -0.2) is 74.9 Å². The summed E-state index contributed by atoms with van der Waals surface area (Å²) in [5.74, 6) is 0.955. The molecule has 0 saturated heterocycles. The lowest BCUT2D eigenvalue weighted by Gasteiger charge is -2.21. The van der Waals surface area contributed by atoms with E-state index in [1.54, 1.807) is 83.2 Å². The average Bonchev–Trinajstić information content (AvgIpc) is 3.06. The number of hydrogen-bond donors (Lipinski definition) is 4. The van der Waals surface area contributed by atoms with Crippen molar-refractivity contribution in [1.82, 2.24) is 10.5 Å². The monoisotopic (exact) mass is 764 g/mol. The quantitative estimate of drug-likeness (QED) is 0.0271. The first-order chi connectivity index (χ1) is 23.4. The minimum absolute atomic E-state index is 0.140. The molecular formula is C31H54N4O12P2Si. The van der Waals surface area contributed by atoms with Crippen LogP contribution in [0.3, 0.4) is 0 Å². The number of nitrogens with two attached hydrogens (primary N) is 1. The van der Waals surface area contributed by atoms with Crippen molar-refractivity contribution in [2.24, 2.45) is 10.4 Å². The van der Waals surface area contributed by atoms with E-state index >= 15 is 0 Å². The first-order valence-corrected chi connectivity index (χ1v) is 22.8. The van der Waals surface area contributed by atoms with Crippen LogP contribution in [0.1, 0.15) is 64.8 Å². The maximum atomic E-state index is 12.3. The van der Waals surface area contributed by atoms with Crippen molar-refractivity contribution in [2.45, 2.75) is 73.3 Å². The molecule has 0 heterocycles. The molecule has 0 aliphatic carbocycles. The second-order valence-electron chi connectivity index (χ2n) is 11.2. The second-order valence-corrected chi connectivity index (χ2v) is 19.7. The Bertz CT molecular complexity index is 1410. The summed E-state index contributed by atoms with van der Waals surface area (Å²) in [7, 11) is -7.99. The SMILES string of the molecule is CCOP(=O)(COc1cccc(C(C)N(O)C(N)=O)c1)OCC.CCOP(=O)(COc1cccc(C(C)NO)c1)OCC.C[Si](C)(C)N=C=O. The van der Waals surface area contributed by atoms with E-state index in [2.05, 4.69) is 10.1 Å². The molecule has 19 heteroatoms. The van der Waals surface area contributed by atoms with Gasteiger partial charge in [-0.1, -0.05) is 24.3 Å². The summed E-state index contributed by atoms with van der Waals surface area (Å²) in [5.41, 5.74) is 8.65. The van der Waals surface area contributed by atoms with Crippen LogP contribution in [-0.2, 0) is 32.0 Å². The number of rotatable bonds is 19. The number of hydroxylamine groups is 3. The van der Waals surface area contributed by atoms with Crippen molar-refractivity contribution >= 4 is 35.5 Å². The fourth-order valence-corrected chi connectivity index (χ4v) is 6.51. The van der Waals surface area contributed by atoms with Crippen molar-refractivity contribution in [3.63, 3.8) is 0 Å². The van der Waals surface area contributed by atoms with Crippen molar-refractivity contribution in [3.05, 3.63) is 59.7 Å². The van der Waals surface area contributed by atoms with Gasteiger partial charge in [-0.05, 0) is 96.6 Å². The Morgan fingerprint density at radius 3 is 1.58 bits per heavy atom. The molecule has 2 rings (SSSR count). The van der Waals surface area contributed by atoms with Crippen LogP contribution in [0.4, 0.5) is 4.79 Å². The molecule has 2 atom stereocenters. The van der Waals surface area contributed by atoms with E-state index in [-0.39, 0.29) is 32.0 Å². The number of hydrogen-bond acceptors (Lipinski definition) is 14. The molecule has 2 unspecified atom stereocenters. The van der Waals surface area contributed by atoms with Gasteiger partial charge in [0.25, 0.3) is 0 Å². The molecule has 0 saturated carbocycles. The van der Waals surface area contributed by atoms with Crippen molar-refractivity contribution < 1.29 is 56.7 Å². The lowest BCUT2D eigenvalue weighted by Crippen LogP contribution is -2.34. The van der Waals surface area contributed by atoms with E-state index in [0.717, 1.165) is 5.56 Å². The molecule has 0 radical (unpaired) electrons. The zero-order chi connectivity index (χ0) is 38.4. The minimum Gasteiger partial charge on any atom is -0.481 e. The summed E-state index contributed by atoms with van der Waals surface area (Å²) in [6.45, 7) is 17.4. The molecular weight excluding hydrogens is 710 g/mol. The third-order valence-corrected chi connectivity index (χ3v) is 10.2. The van der Waals surface area contributed by atoms with Crippen LogP contribution in [0.15, 0.2) is 53.2 Å². The predicted octanol–water partition coefficient (Wildman–Crippen LogP) is 7.61. The Morgan fingerprint density at radius 1 is 0.860 bits per heavy atom. The molecule has 0 spiro atoms. The highest BCUT2D eigenvalue weighted by atomic mass is 31.2. The summed E-state index contributed by atoms with van der Waals surface area (Å²) in [5, 5.41) is 18.9. The molecule has 16 nitrogen and oxygen atoms in total. The van der Waals surface area contributed by atoms with Gasteiger partial charge in [-0.2, -0.15) is 10.5 Å². The molecule has 0 aliphatic heterocycles. The molecule has 2 aromatic rings. The lowest BCUT2D eigenvalue weighted by molar-refractivity contribution is -0.0710. The van der Waals surface area contributed by atoms with E-state index in [4.69, 9.17) is 38.5 Å². The zero-order valence-electron chi connectivity index (χ0n) is 30.4. The number of benzene rings is 2. The summed E-state index contributed by atoms with van der Waals surface area (Å²) in [6.07, 6.45) is 1.17. The normalized spacial score (nSPS) is 12.5. The standard InChI is InChI=1S/C14H23N2O6P.C13H22NO5P.C4H9NOSi/c1-4-21-23(19,22-5-2)10-20-13-8-6-7-12(9-13)11(3)16(18)14(15)17;1-4-18-20(16,19-5-2)10-17-13-8-6-7-12(9-13)11(3)14-15;1-7(2,3)5-4-6/h6-9,11,18H,4-5,10H2,1-3H3,(H2,15,17);6-9,11,14-15H,4-5,10H2,1-3H3;1-3H3. The lowest BCUT2D eigenvalue weighted by atomic mass is 10.1. The molecule has 0 aromatic heterocycles. The van der Waals surface area contributed by atoms with Crippen LogP contribution in [0, 0.1) is 0 Å². The van der Waals surface area contributed by atoms with Crippen molar-refractivity contribution in [2.75, 3.05) is 39.1 Å². The first kappa shape index (κ1) is 47.1. The smallest absolute Gasteiger partial charge is 0.367 e. The molecule has 284 valence electrons. The van der Waals surface area contributed by atoms with Crippen molar-refractivity contribution in [3.8, 4) is 11.5 Å². The van der Waals surface area contributed by atoms with Crippen LogP contribution in [0.25, 0.3) is 0 Å². The molecule has 0 fully saturated rings. The van der Waals surface area contributed by atoms with Gasteiger partial charge in [0.15, 0.2) is 20.9 Å².